The number of ether oxygens (including phenoxy) is 1. The fourth-order valence-electron chi connectivity index (χ4n) is 3.60. The van der Waals surface area contributed by atoms with Crippen LogP contribution in [0.4, 0.5) is 0 Å². The first kappa shape index (κ1) is 16.3. The number of nitrogens with zero attached hydrogens (tertiary/aromatic N) is 1. The van der Waals surface area contributed by atoms with Gasteiger partial charge in [0.15, 0.2) is 0 Å². The Morgan fingerprint density at radius 1 is 1.20 bits per heavy atom. The van der Waals surface area contributed by atoms with E-state index < -0.39 is 0 Å². The Kier molecular flexibility index (Phi) is 5.49. The Balaban J connectivity index is 1.91. The Bertz CT molecular complexity index is 298. The molecule has 2 rings (SSSR count). The summed E-state index contributed by atoms with van der Waals surface area (Å²) in [5.41, 5.74) is 0.215. The number of fused-ring (bicyclic) bond motifs is 1. The molecule has 118 valence electrons. The highest BCUT2D eigenvalue weighted by Crippen LogP contribution is 2.31. The molecular weight excluding hydrogens is 248 g/mol. The van der Waals surface area contributed by atoms with E-state index in [0.29, 0.717) is 24.1 Å². The van der Waals surface area contributed by atoms with Crippen LogP contribution in [0.2, 0.25) is 0 Å². The summed E-state index contributed by atoms with van der Waals surface area (Å²) < 4.78 is 6.00. The lowest BCUT2D eigenvalue weighted by Gasteiger charge is -2.48. The Hall–Kier alpha value is -0.120. The zero-order valence-electron chi connectivity index (χ0n) is 14.1. The molecule has 1 aliphatic carbocycles. The molecule has 0 aromatic heterocycles. The predicted octanol–water partition coefficient (Wildman–Crippen LogP) is 3.04. The summed E-state index contributed by atoms with van der Waals surface area (Å²) in [5, 5.41) is 3.66. The van der Waals surface area contributed by atoms with Crippen LogP contribution >= 0.6 is 0 Å². The van der Waals surface area contributed by atoms with Gasteiger partial charge in [0.2, 0.25) is 0 Å². The molecule has 1 aliphatic heterocycles. The fourth-order valence-corrected chi connectivity index (χ4v) is 3.60. The van der Waals surface area contributed by atoms with Crippen LogP contribution in [0.3, 0.4) is 0 Å². The van der Waals surface area contributed by atoms with Gasteiger partial charge >= 0.3 is 0 Å². The van der Waals surface area contributed by atoms with E-state index in [1.807, 2.05) is 0 Å². The van der Waals surface area contributed by atoms with Gasteiger partial charge in [0.05, 0.1) is 12.7 Å². The summed E-state index contributed by atoms with van der Waals surface area (Å²) in [5.74, 6) is 0.676. The molecule has 2 aliphatic rings. The second-order valence-corrected chi connectivity index (χ2v) is 7.85. The van der Waals surface area contributed by atoms with Gasteiger partial charge in [0.1, 0.15) is 0 Å². The summed E-state index contributed by atoms with van der Waals surface area (Å²) in [6, 6.07) is 1.31. The van der Waals surface area contributed by atoms with Gasteiger partial charge in [-0.05, 0) is 53.0 Å². The minimum absolute atomic E-state index is 0.215. The van der Waals surface area contributed by atoms with E-state index >= 15 is 0 Å². The fraction of sp³-hybridized carbons (Fsp3) is 1.00. The minimum Gasteiger partial charge on any atom is -0.375 e. The van der Waals surface area contributed by atoms with Gasteiger partial charge in [0.25, 0.3) is 0 Å². The average Bonchev–Trinajstić information content (AvgIpc) is 2.42. The molecule has 0 aromatic rings. The van der Waals surface area contributed by atoms with E-state index in [0.717, 1.165) is 19.7 Å². The van der Waals surface area contributed by atoms with Crippen molar-refractivity contribution in [3.05, 3.63) is 0 Å². The molecule has 0 bridgehead atoms. The molecule has 1 heterocycles. The number of rotatable bonds is 4. The van der Waals surface area contributed by atoms with Crippen molar-refractivity contribution in [2.45, 2.75) is 84.0 Å². The van der Waals surface area contributed by atoms with Gasteiger partial charge in [-0.15, -0.1) is 0 Å². The third kappa shape index (κ3) is 4.19. The largest absolute Gasteiger partial charge is 0.375 e. The molecular formula is C17H34N2O. The van der Waals surface area contributed by atoms with Gasteiger partial charge in [-0.2, -0.15) is 0 Å². The lowest BCUT2D eigenvalue weighted by Crippen LogP contribution is -2.58. The molecule has 4 atom stereocenters. The van der Waals surface area contributed by atoms with Crippen molar-refractivity contribution in [3.63, 3.8) is 0 Å². The quantitative estimate of drug-likeness (QED) is 0.858. The van der Waals surface area contributed by atoms with Gasteiger partial charge in [-0.25, -0.2) is 0 Å². The second kappa shape index (κ2) is 6.76. The predicted molar refractivity (Wildman–Crippen MR) is 85.1 cm³/mol. The van der Waals surface area contributed by atoms with Gasteiger partial charge < -0.3 is 10.1 Å². The Morgan fingerprint density at radius 2 is 1.90 bits per heavy atom. The summed E-state index contributed by atoms with van der Waals surface area (Å²) in [6.07, 6.45) is 5.83. The first-order chi connectivity index (χ1) is 9.38. The van der Waals surface area contributed by atoms with Crippen LogP contribution in [0.15, 0.2) is 0 Å². The van der Waals surface area contributed by atoms with Crippen molar-refractivity contribution < 1.29 is 4.74 Å². The standard InChI is InChI=1S/C17H34N2O/c1-13(12-18-17(3,4)5)14(2)19-10-11-20-16-9-7-6-8-15(16)19/h13-16,18H,6-12H2,1-5H3. The van der Waals surface area contributed by atoms with Crippen LogP contribution in [0.1, 0.15) is 60.3 Å². The van der Waals surface area contributed by atoms with E-state index in [-0.39, 0.29) is 5.54 Å². The normalized spacial score (nSPS) is 31.6. The van der Waals surface area contributed by atoms with Crippen LogP contribution in [0, 0.1) is 5.92 Å². The molecule has 1 saturated carbocycles. The number of hydrogen-bond donors (Lipinski definition) is 1. The lowest BCUT2D eigenvalue weighted by atomic mass is 9.87. The van der Waals surface area contributed by atoms with Crippen LogP contribution in [0.25, 0.3) is 0 Å². The Morgan fingerprint density at radius 3 is 2.60 bits per heavy atom. The van der Waals surface area contributed by atoms with E-state index in [2.05, 4.69) is 44.8 Å². The minimum atomic E-state index is 0.215. The van der Waals surface area contributed by atoms with Crippen LogP contribution < -0.4 is 5.32 Å². The summed E-state index contributed by atoms with van der Waals surface area (Å²) in [6.45, 7) is 14.7. The lowest BCUT2D eigenvalue weighted by molar-refractivity contribution is -0.106. The topological polar surface area (TPSA) is 24.5 Å². The second-order valence-electron chi connectivity index (χ2n) is 7.85. The smallest absolute Gasteiger partial charge is 0.0731 e. The third-order valence-electron chi connectivity index (χ3n) is 5.08. The maximum absolute atomic E-state index is 6.00. The molecule has 3 heteroatoms. The molecule has 0 amide bonds. The number of hydrogen-bond acceptors (Lipinski definition) is 3. The van der Waals surface area contributed by atoms with Gasteiger partial charge in [-0.1, -0.05) is 19.8 Å². The summed E-state index contributed by atoms with van der Waals surface area (Å²) in [7, 11) is 0. The van der Waals surface area contributed by atoms with E-state index in [1.165, 1.54) is 25.7 Å². The summed E-state index contributed by atoms with van der Waals surface area (Å²) >= 11 is 0. The maximum atomic E-state index is 6.00. The van der Waals surface area contributed by atoms with Crippen LogP contribution in [-0.4, -0.2) is 48.3 Å². The highest BCUT2D eigenvalue weighted by atomic mass is 16.5. The van der Waals surface area contributed by atoms with Crippen LogP contribution in [-0.2, 0) is 4.74 Å². The van der Waals surface area contributed by atoms with E-state index in [1.54, 1.807) is 0 Å². The molecule has 4 unspecified atom stereocenters. The third-order valence-corrected chi connectivity index (χ3v) is 5.08. The van der Waals surface area contributed by atoms with E-state index in [4.69, 9.17) is 4.74 Å². The molecule has 3 nitrogen and oxygen atoms in total. The van der Waals surface area contributed by atoms with E-state index in [9.17, 15) is 0 Å². The van der Waals surface area contributed by atoms with Gasteiger partial charge in [0, 0.05) is 24.2 Å². The zero-order chi connectivity index (χ0) is 14.8. The van der Waals surface area contributed by atoms with Crippen molar-refractivity contribution in [1.82, 2.24) is 10.2 Å². The zero-order valence-corrected chi connectivity index (χ0v) is 14.1. The van der Waals surface area contributed by atoms with Gasteiger partial charge in [-0.3, -0.25) is 4.90 Å². The first-order valence-electron chi connectivity index (χ1n) is 8.51. The van der Waals surface area contributed by atoms with Crippen molar-refractivity contribution >= 4 is 0 Å². The van der Waals surface area contributed by atoms with Crippen molar-refractivity contribution in [2.75, 3.05) is 19.7 Å². The molecule has 0 aromatic carbocycles. The summed E-state index contributed by atoms with van der Waals surface area (Å²) in [4.78, 5) is 2.74. The Labute approximate surface area is 125 Å². The average molecular weight is 282 g/mol. The maximum Gasteiger partial charge on any atom is 0.0731 e. The van der Waals surface area contributed by atoms with Crippen molar-refractivity contribution in [2.24, 2.45) is 5.92 Å². The van der Waals surface area contributed by atoms with Crippen molar-refractivity contribution in [3.8, 4) is 0 Å². The first-order valence-corrected chi connectivity index (χ1v) is 8.51. The monoisotopic (exact) mass is 282 g/mol. The number of nitrogens with one attached hydrogen (secondary N) is 1. The highest BCUT2D eigenvalue weighted by Gasteiger charge is 2.37. The highest BCUT2D eigenvalue weighted by molar-refractivity contribution is 4.91. The number of morpholine rings is 1. The van der Waals surface area contributed by atoms with Crippen LogP contribution in [0.5, 0.6) is 0 Å². The molecule has 1 saturated heterocycles. The SMILES string of the molecule is CC(CNC(C)(C)C)C(C)N1CCOC2CCCCC21. The molecule has 20 heavy (non-hydrogen) atoms. The molecule has 0 spiro atoms. The van der Waals surface area contributed by atoms with Crippen molar-refractivity contribution in [1.29, 1.82) is 0 Å². The molecule has 2 fully saturated rings. The molecule has 0 radical (unpaired) electrons. The molecule has 1 N–H and O–H groups in total.